The monoisotopic (exact) mass is 128 g/mol. The van der Waals surface area contributed by atoms with Crippen molar-refractivity contribution in [2.24, 2.45) is 11.8 Å². The Kier molecular flexibility index (Phi) is 2.12. The molecule has 0 spiro atoms. The summed E-state index contributed by atoms with van der Waals surface area (Å²) in [5.74, 6) is 1.34. The summed E-state index contributed by atoms with van der Waals surface area (Å²) in [7, 11) is 0. The van der Waals surface area contributed by atoms with E-state index in [1.165, 1.54) is 19.3 Å². The first-order valence-electron chi connectivity index (χ1n) is 3.90. The van der Waals surface area contributed by atoms with Crippen LogP contribution in [-0.2, 0) is 0 Å². The molecule has 0 amide bonds. The van der Waals surface area contributed by atoms with E-state index < -0.39 is 0 Å². The average molecular weight is 128 g/mol. The highest BCUT2D eigenvalue weighted by Gasteiger charge is 2.26. The molecule has 9 heavy (non-hydrogen) atoms. The molecule has 1 aliphatic carbocycles. The van der Waals surface area contributed by atoms with E-state index in [1.54, 1.807) is 0 Å². The van der Waals surface area contributed by atoms with E-state index in [1.807, 2.05) is 6.92 Å². The molecule has 0 aromatic carbocycles. The minimum Gasteiger partial charge on any atom is -0.393 e. The molecule has 0 radical (unpaired) electrons. The molecule has 1 nitrogen and oxygen atoms in total. The maximum atomic E-state index is 9.22. The molecule has 1 N–H and O–H groups in total. The highest BCUT2D eigenvalue weighted by Crippen LogP contribution is 2.33. The molecule has 0 aromatic heterocycles. The number of aliphatic hydroxyl groups is 1. The van der Waals surface area contributed by atoms with Crippen LogP contribution in [0, 0.1) is 11.8 Å². The van der Waals surface area contributed by atoms with Gasteiger partial charge >= 0.3 is 0 Å². The third-order valence-electron chi connectivity index (χ3n) is 2.55. The summed E-state index contributed by atoms with van der Waals surface area (Å²) in [6.45, 7) is 4.15. The van der Waals surface area contributed by atoms with Crippen LogP contribution in [0.5, 0.6) is 0 Å². The Balaban J connectivity index is 2.40. The van der Waals surface area contributed by atoms with Gasteiger partial charge in [-0.2, -0.15) is 0 Å². The van der Waals surface area contributed by atoms with Crippen molar-refractivity contribution in [1.29, 1.82) is 0 Å². The number of hydrogen-bond donors (Lipinski definition) is 1. The Morgan fingerprint density at radius 1 is 1.44 bits per heavy atom. The van der Waals surface area contributed by atoms with E-state index in [2.05, 4.69) is 6.92 Å². The zero-order valence-corrected chi connectivity index (χ0v) is 6.30. The van der Waals surface area contributed by atoms with Crippen molar-refractivity contribution < 1.29 is 5.11 Å². The first-order chi connectivity index (χ1) is 4.22. The van der Waals surface area contributed by atoms with Crippen molar-refractivity contribution in [2.75, 3.05) is 0 Å². The fourth-order valence-electron chi connectivity index (χ4n) is 1.89. The third-order valence-corrected chi connectivity index (χ3v) is 2.55. The van der Waals surface area contributed by atoms with Crippen LogP contribution in [-0.4, -0.2) is 11.2 Å². The van der Waals surface area contributed by atoms with Gasteiger partial charge in [-0.3, -0.25) is 0 Å². The van der Waals surface area contributed by atoms with Gasteiger partial charge in [0.2, 0.25) is 0 Å². The lowest BCUT2D eigenvalue weighted by Gasteiger charge is -2.17. The van der Waals surface area contributed by atoms with Crippen LogP contribution in [0.15, 0.2) is 0 Å². The second-order valence-corrected chi connectivity index (χ2v) is 3.31. The minimum atomic E-state index is -0.0810. The normalized spacial score (nSPS) is 39.0. The molecule has 1 fully saturated rings. The Labute approximate surface area is 57.1 Å². The van der Waals surface area contributed by atoms with E-state index in [-0.39, 0.29) is 6.10 Å². The fourth-order valence-corrected chi connectivity index (χ4v) is 1.89. The predicted molar refractivity (Wildman–Crippen MR) is 38.2 cm³/mol. The van der Waals surface area contributed by atoms with Gasteiger partial charge in [0.25, 0.3) is 0 Å². The van der Waals surface area contributed by atoms with Gasteiger partial charge in [-0.25, -0.2) is 0 Å². The first-order valence-corrected chi connectivity index (χ1v) is 3.90. The summed E-state index contributed by atoms with van der Waals surface area (Å²) in [6, 6.07) is 0. The quantitative estimate of drug-likeness (QED) is 0.571. The van der Waals surface area contributed by atoms with Gasteiger partial charge in [-0.1, -0.05) is 19.8 Å². The molecule has 0 aliphatic heterocycles. The maximum Gasteiger partial charge on any atom is 0.0542 e. The Morgan fingerprint density at radius 2 is 2.11 bits per heavy atom. The molecule has 1 saturated carbocycles. The summed E-state index contributed by atoms with van der Waals surface area (Å²) < 4.78 is 0. The zero-order valence-electron chi connectivity index (χ0n) is 6.30. The highest BCUT2D eigenvalue weighted by atomic mass is 16.3. The van der Waals surface area contributed by atoms with Crippen LogP contribution in [0.4, 0.5) is 0 Å². The van der Waals surface area contributed by atoms with Crippen molar-refractivity contribution in [3.63, 3.8) is 0 Å². The van der Waals surface area contributed by atoms with E-state index >= 15 is 0 Å². The van der Waals surface area contributed by atoms with Gasteiger partial charge in [0.15, 0.2) is 0 Å². The molecular weight excluding hydrogens is 112 g/mol. The van der Waals surface area contributed by atoms with Crippen molar-refractivity contribution in [3.05, 3.63) is 0 Å². The second-order valence-electron chi connectivity index (χ2n) is 3.31. The molecule has 1 heteroatoms. The molecule has 3 atom stereocenters. The first kappa shape index (κ1) is 7.07. The predicted octanol–water partition coefficient (Wildman–Crippen LogP) is 1.80. The van der Waals surface area contributed by atoms with E-state index in [0.29, 0.717) is 5.92 Å². The summed E-state index contributed by atoms with van der Waals surface area (Å²) in [4.78, 5) is 0. The van der Waals surface area contributed by atoms with Gasteiger partial charge in [0.1, 0.15) is 0 Å². The van der Waals surface area contributed by atoms with E-state index in [0.717, 1.165) is 5.92 Å². The molecule has 0 saturated heterocycles. The lowest BCUT2D eigenvalue weighted by Crippen LogP contribution is -2.18. The standard InChI is InChI=1S/C8H16O/c1-6-4-3-5-8(6)7(2)9/h6-9H,3-5H2,1-2H3/t6?,7?,8-/m0/s1. The molecule has 54 valence electrons. The summed E-state index contributed by atoms with van der Waals surface area (Å²) in [6.07, 6.45) is 3.79. The molecule has 1 rings (SSSR count). The smallest absolute Gasteiger partial charge is 0.0542 e. The van der Waals surface area contributed by atoms with Crippen LogP contribution >= 0.6 is 0 Å². The summed E-state index contributed by atoms with van der Waals surface area (Å²) >= 11 is 0. The second kappa shape index (κ2) is 2.70. The van der Waals surface area contributed by atoms with Gasteiger partial charge in [-0.15, -0.1) is 0 Å². The van der Waals surface area contributed by atoms with Crippen LogP contribution < -0.4 is 0 Å². The SMILES string of the molecule is CC(O)[C@H]1CCCC1C. The fraction of sp³-hybridized carbons (Fsp3) is 1.00. The summed E-state index contributed by atoms with van der Waals surface area (Å²) in [5.41, 5.74) is 0. The summed E-state index contributed by atoms with van der Waals surface area (Å²) in [5, 5.41) is 9.22. The lowest BCUT2D eigenvalue weighted by atomic mass is 9.93. The van der Waals surface area contributed by atoms with Crippen molar-refractivity contribution in [1.82, 2.24) is 0 Å². The molecule has 0 bridgehead atoms. The third kappa shape index (κ3) is 1.45. The van der Waals surface area contributed by atoms with Crippen molar-refractivity contribution in [3.8, 4) is 0 Å². The minimum absolute atomic E-state index is 0.0810. The molecule has 0 aromatic rings. The van der Waals surface area contributed by atoms with Crippen LogP contribution in [0.1, 0.15) is 33.1 Å². The molecule has 0 heterocycles. The average Bonchev–Trinajstić information content (AvgIpc) is 2.13. The lowest BCUT2D eigenvalue weighted by molar-refractivity contribution is 0.107. The zero-order chi connectivity index (χ0) is 6.85. The highest BCUT2D eigenvalue weighted by molar-refractivity contribution is 4.77. The number of rotatable bonds is 1. The number of hydrogen-bond acceptors (Lipinski definition) is 1. The number of aliphatic hydroxyl groups excluding tert-OH is 1. The van der Waals surface area contributed by atoms with Crippen LogP contribution in [0.3, 0.4) is 0 Å². The van der Waals surface area contributed by atoms with Crippen LogP contribution in [0.25, 0.3) is 0 Å². The Hall–Kier alpha value is -0.0400. The van der Waals surface area contributed by atoms with E-state index in [9.17, 15) is 5.11 Å². The Morgan fingerprint density at radius 3 is 2.33 bits per heavy atom. The van der Waals surface area contributed by atoms with E-state index in [4.69, 9.17) is 0 Å². The van der Waals surface area contributed by atoms with Gasteiger partial charge < -0.3 is 5.11 Å². The van der Waals surface area contributed by atoms with Gasteiger partial charge in [0.05, 0.1) is 6.10 Å². The topological polar surface area (TPSA) is 20.2 Å². The largest absolute Gasteiger partial charge is 0.393 e. The van der Waals surface area contributed by atoms with Crippen molar-refractivity contribution >= 4 is 0 Å². The molecule has 1 aliphatic rings. The van der Waals surface area contributed by atoms with Gasteiger partial charge in [0, 0.05) is 0 Å². The molecule has 2 unspecified atom stereocenters. The van der Waals surface area contributed by atoms with Crippen LogP contribution in [0.2, 0.25) is 0 Å². The van der Waals surface area contributed by atoms with Crippen molar-refractivity contribution in [2.45, 2.75) is 39.2 Å². The maximum absolute atomic E-state index is 9.22. The molecular formula is C8H16O. The van der Waals surface area contributed by atoms with Gasteiger partial charge in [-0.05, 0) is 25.2 Å². The Bertz CT molecular complexity index is 88.6.